The van der Waals surface area contributed by atoms with E-state index in [9.17, 15) is 4.79 Å². The van der Waals surface area contributed by atoms with Crippen molar-refractivity contribution >= 4 is 11.7 Å². The van der Waals surface area contributed by atoms with Crippen molar-refractivity contribution in [1.82, 2.24) is 0 Å². The van der Waals surface area contributed by atoms with Gasteiger partial charge in [0.05, 0.1) is 6.10 Å². The fourth-order valence-corrected chi connectivity index (χ4v) is 1.72. The number of esters is 1. The first-order valence-electron chi connectivity index (χ1n) is 6.15. The average molecular weight is 251 g/mol. The molecule has 1 rings (SSSR count). The minimum Gasteiger partial charge on any atom is -0.482 e. The summed E-state index contributed by atoms with van der Waals surface area (Å²) in [7, 11) is 0. The standard InChI is InChI=1S/C14H21NO3/c1-10(2)7-11(3)18-14(16)9-17-13-6-4-5-12(15)8-13/h4-6,8,10-11H,7,9,15H2,1-3H3. The van der Waals surface area contributed by atoms with Crippen molar-refractivity contribution in [2.24, 2.45) is 5.92 Å². The summed E-state index contributed by atoms with van der Waals surface area (Å²) in [6.07, 6.45) is 0.770. The Hall–Kier alpha value is -1.71. The summed E-state index contributed by atoms with van der Waals surface area (Å²) >= 11 is 0. The zero-order valence-corrected chi connectivity index (χ0v) is 11.2. The highest BCUT2D eigenvalue weighted by Crippen LogP contribution is 2.14. The molecule has 1 atom stereocenters. The number of carbonyl (C=O) groups excluding carboxylic acids is 1. The van der Waals surface area contributed by atoms with Gasteiger partial charge in [0.15, 0.2) is 6.61 Å². The van der Waals surface area contributed by atoms with Gasteiger partial charge in [-0.2, -0.15) is 0 Å². The lowest BCUT2D eigenvalue weighted by atomic mass is 10.1. The quantitative estimate of drug-likeness (QED) is 0.623. The normalized spacial score (nSPS) is 12.2. The molecule has 0 aliphatic heterocycles. The van der Waals surface area contributed by atoms with E-state index >= 15 is 0 Å². The Morgan fingerprint density at radius 3 is 2.67 bits per heavy atom. The van der Waals surface area contributed by atoms with Crippen molar-refractivity contribution in [3.05, 3.63) is 24.3 Å². The van der Waals surface area contributed by atoms with Crippen LogP contribution in [0.2, 0.25) is 0 Å². The van der Waals surface area contributed by atoms with Crippen LogP contribution in [0.5, 0.6) is 5.75 Å². The highest BCUT2D eigenvalue weighted by molar-refractivity contribution is 5.71. The second-order valence-corrected chi connectivity index (χ2v) is 4.79. The van der Waals surface area contributed by atoms with E-state index in [0.717, 1.165) is 6.42 Å². The fourth-order valence-electron chi connectivity index (χ4n) is 1.72. The molecular formula is C14H21NO3. The van der Waals surface area contributed by atoms with E-state index in [4.69, 9.17) is 15.2 Å². The van der Waals surface area contributed by atoms with Crippen molar-refractivity contribution in [1.29, 1.82) is 0 Å². The zero-order chi connectivity index (χ0) is 13.5. The van der Waals surface area contributed by atoms with Gasteiger partial charge in [0.25, 0.3) is 0 Å². The molecule has 0 aromatic heterocycles. The third-order valence-corrected chi connectivity index (χ3v) is 2.35. The number of benzene rings is 1. The van der Waals surface area contributed by atoms with E-state index in [1.54, 1.807) is 24.3 Å². The van der Waals surface area contributed by atoms with Crippen LogP contribution in [-0.4, -0.2) is 18.7 Å². The van der Waals surface area contributed by atoms with Gasteiger partial charge in [-0.25, -0.2) is 4.79 Å². The van der Waals surface area contributed by atoms with Crippen LogP contribution in [0, 0.1) is 5.92 Å². The van der Waals surface area contributed by atoms with Crippen LogP contribution in [0.4, 0.5) is 5.69 Å². The van der Waals surface area contributed by atoms with Gasteiger partial charge >= 0.3 is 5.97 Å². The Morgan fingerprint density at radius 1 is 1.33 bits per heavy atom. The molecule has 0 fully saturated rings. The molecule has 0 aliphatic carbocycles. The van der Waals surface area contributed by atoms with Gasteiger partial charge in [0.1, 0.15) is 5.75 Å². The van der Waals surface area contributed by atoms with Crippen LogP contribution in [0.3, 0.4) is 0 Å². The lowest BCUT2D eigenvalue weighted by Gasteiger charge is -2.15. The van der Waals surface area contributed by atoms with Crippen molar-refractivity contribution < 1.29 is 14.3 Å². The van der Waals surface area contributed by atoms with E-state index in [1.165, 1.54) is 0 Å². The average Bonchev–Trinajstić information content (AvgIpc) is 2.25. The van der Waals surface area contributed by atoms with Crippen LogP contribution < -0.4 is 10.5 Å². The maximum Gasteiger partial charge on any atom is 0.344 e. The van der Waals surface area contributed by atoms with Gasteiger partial charge in [0.2, 0.25) is 0 Å². The molecule has 4 heteroatoms. The molecule has 0 aliphatic rings. The second-order valence-electron chi connectivity index (χ2n) is 4.79. The number of carbonyl (C=O) groups is 1. The monoisotopic (exact) mass is 251 g/mol. The lowest BCUT2D eigenvalue weighted by Crippen LogP contribution is -2.21. The summed E-state index contributed by atoms with van der Waals surface area (Å²) in [5, 5.41) is 0. The number of anilines is 1. The molecule has 0 bridgehead atoms. The molecule has 0 amide bonds. The smallest absolute Gasteiger partial charge is 0.344 e. The maximum atomic E-state index is 11.5. The number of nitrogen functional groups attached to an aromatic ring is 1. The summed E-state index contributed by atoms with van der Waals surface area (Å²) in [5.74, 6) is 0.719. The number of nitrogens with two attached hydrogens (primary N) is 1. The minimum absolute atomic E-state index is 0.0815. The Balaban J connectivity index is 2.33. The van der Waals surface area contributed by atoms with Crippen LogP contribution in [-0.2, 0) is 9.53 Å². The van der Waals surface area contributed by atoms with E-state index < -0.39 is 0 Å². The van der Waals surface area contributed by atoms with Crippen LogP contribution in [0.15, 0.2) is 24.3 Å². The first-order valence-corrected chi connectivity index (χ1v) is 6.15. The first-order chi connectivity index (χ1) is 8.47. The molecule has 100 valence electrons. The summed E-state index contributed by atoms with van der Waals surface area (Å²) < 4.78 is 10.5. The number of hydrogen-bond donors (Lipinski definition) is 1. The lowest BCUT2D eigenvalue weighted by molar-refractivity contribution is -0.151. The van der Waals surface area contributed by atoms with Gasteiger partial charge in [0, 0.05) is 11.8 Å². The Kier molecular flexibility index (Phi) is 5.49. The first kappa shape index (κ1) is 14.4. The van der Waals surface area contributed by atoms with Crippen LogP contribution in [0.25, 0.3) is 0 Å². The summed E-state index contributed by atoms with van der Waals surface area (Å²) in [5.41, 5.74) is 6.21. The molecule has 1 aromatic carbocycles. The molecule has 0 radical (unpaired) electrons. The molecule has 4 nitrogen and oxygen atoms in total. The Morgan fingerprint density at radius 2 is 2.06 bits per heavy atom. The highest BCUT2D eigenvalue weighted by Gasteiger charge is 2.11. The zero-order valence-electron chi connectivity index (χ0n) is 11.2. The molecule has 18 heavy (non-hydrogen) atoms. The Labute approximate surface area is 108 Å². The molecule has 2 N–H and O–H groups in total. The predicted molar refractivity (Wildman–Crippen MR) is 71.4 cm³/mol. The fraction of sp³-hybridized carbons (Fsp3) is 0.500. The van der Waals surface area contributed by atoms with Gasteiger partial charge in [-0.3, -0.25) is 0 Å². The van der Waals surface area contributed by atoms with Gasteiger partial charge in [-0.1, -0.05) is 19.9 Å². The molecule has 1 unspecified atom stereocenters. The molecule has 0 saturated heterocycles. The van der Waals surface area contributed by atoms with E-state index in [0.29, 0.717) is 17.4 Å². The summed E-state index contributed by atoms with van der Waals surface area (Å²) in [6, 6.07) is 6.96. The largest absolute Gasteiger partial charge is 0.482 e. The number of hydrogen-bond acceptors (Lipinski definition) is 4. The van der Waals surface area contributed by atoms with Crippen molar-refractivity contribution in [2.75, 3.05) is 12.3 Å². The SMILES string of the molecule is CC(C)CC(C)OC(=O)COc1cccc(N)c1. The highest BCUT2D eigenvalue weighted by atomic mass is 16.6. The summed E-state index contributed by atoms with van der Waals surface area (Å²) in [4.78, 5) is 11.5. The number of rotatable bonds is 6. The second kappa shape index (κ2) is 6.89. The summed E-state index contributed by atoms with van der Waals surface area (Å²) in [6.45, 7) is 5.98. The van der Waals surface area contributed by atoms with Gasteiger partial charge in [-0.15, -0.1) is 0 Å². The van der Waals surface area contributed by atoms with Crippen molar-refractivity contribution in [3.8, 4) is 5.75 Å². The molecule has 0 spiro atoms. The third kappa shape index (κ3) is 5.57. The van der Waals surface area contributed by atoms with E-state index in [1.807, 2.05) is 6.92 Å². The van der Waals surface area contributed by atoms with E-state index in [-0.39, 0.29) is 18.7 Å². The molecular weight excluding hydrogens is 230 g/mol. The predicted octanol–water partition coefficient (Wildman–Crippen LogP) is 2.63. The maximum absolute atomic E-state index is 11.5. The van der Waals surface area contributed by atoms with Crippen molar-refractivity contribution in [2.45, 2.75) is 33.3 Å². The van der Waals surface area contributed by atoms with Gasteiger partial charge in [-0.05, 0) is 31.4 Å². The molecule has 1 aromatic rings. The topological polar surface area (TPSA) is 61.5 Å². The van der Waals surface area contributed by atoms with Gasteiger partial charge < -0.3 is 15.2 Å². The third-order valence-electron chi connectivity index (χ3n) is 2.35. The van der Waals surface area contributed by atoms with Crippen LogP contribution in [0.1, 0.15) is 27.2 Å². The van der Waals surface area contributed by atoms with E-state index in [2.05, 4.69) is 13.8 Å². The molecule has 0 heterocycles. The number of ether oxygens (including phenoxy) is 2. The van der Waals surface area contributed by atoms with Crippen LogP contribution >= 0.6 is 0 Å². The van der Waals surface area contributed by atoms with Crippen molar-refractivity contribution in [3.63, 3.8) is 0 Å². The Bertz CT molecular complexity index is 390. The minimum atomic E-state index is -0.356. The molecule has 0 saturated carbocycles.